The van der Waals surface area contributed by atoms with Crippen molar-refractivity contribution in [3.05, 3.63) is 33.5 Å². The Balaban J connectivity index is 2.68. The van der Waals surface area contributed by atoms with Gasteiger partial charge in [0.1, 0.15) is 6.04 Å². The predicted molar refractivity (Wildman–Crippen MR) is 58.6 cm³/mol. The molecule has 1 rings (SSSR count). The first-order valence-corrected chi connectivity index (χ1v) is 5.43. The molecule has 4 heteroatoms. The molecule has 0 aliphatic carbocycles. The lowest BCUT2D eigenvalue weighted by atomic mass is 10.2. The third-order valence-corrected chi connectivity index (χ3v) is 3.23. The van der Waals surface area contributed by atoms with Crippen molar-refractivity contribution in [3.63, 3.8) is 0 Å². The highest BCUT2D eigenvalue weighted by atomic mass is 79.9. The summed E-state index contributed by atoms with van der Waals surface area (Å²) in [4.78, 5) is 1.02. The number of hydrogen-bond donors (Lipinski definition) is 1. The Kier molecular flexibility index (Phi) is 4.16. The van der Waals surface area contributed by atoms with E-state index in [0.717, 1.165) is 9.35 Å². The van der Waals surface area contributed by atoms with Gasteiger partial charge in [-0.15, -0.1) is 17.9 Å². The largest absolute Gasteiger partial charge is 0.294 e. The first-order valence-electron chi connectivity index (χ1n) is 3.75. The van der Waals surface area contributed by atoms with Crippen LogP contribution in [-0.2, 0) is 0 Å². The Hall–Kier alpha value is -0.630. The van der Waals surface area contributed by atoms with E-state index in [0.29, 0.717) is 6.54 Å². The SMILES string of the molecule is C=CCNC(C#N)c1cc(Br)cs1. The standard InChI is InChI=1S/C9H9BrN2S/c1-2-3-12-8(5-11)9-4-7(10)6-13-9/h2,4,6,8,12H,1,3H2. The maximum Gasteiger partial charge on any atom is 0.130 e. The van der Waals surface area contributed by atoms with Gasteiger partial charge in [0.15, 0.2) is 0 Å². The molecule has 68 valence electrons. The van der Waals surface area contributed by atoms with Crippen LogP contribution >= 0.6 is 27.3 Å². The highest BCUT2D eigenvalue weighted by molar-refractivity contribution is 9.10. The van der Waals surface area contributed by atoms with E-state index < -0.39 is 0 Å². The van der Waals surface area contributed by atoms with Gasteiger partial charge in [-0.25, -0.2) is 0 Å². The van der Waals surface area contributed by atoms with Gasteiger partial charge >= 0.3 is 0 Å². The van der Waals surface area contributed by atoms with Crippen LogP contribution in [-0.4, -0.2) is 6.54 Å². The highest BCUT2D eigenvalue weighted by Gasteiger charge is 2.10. The minimum atomic E-state index is -0.228. The van der Waals surface area contributed by atoms with Gasteiger partial charge in [-0.3, -0.25) is 5.32 Å². The molecule has 0 bridgehead atoms. The number of rotatable bonds is 4. The predicted octanol–water partition coefficient (Wildman–Crippen LogP) is 2.85. The van der Waals surface area contributed by atoms with Crippen molar-refractivity contribution in [1.29, 1.82) is 5.26 Å². The van der Waals surface area contributed by atoms with Gasteiger partial charge in [-0.1, -0.05) is 6.08 Å². The molecule has 13 heavy (non-hydrogen) atoms. The summed E-state index contributed by atoms with van der Waals surface area (Å²) in [7, 11) is 0. The second-order valence-electron chi connectivity index (χ2n) is 2.43. The first-order chi connectivity index (χ1) is 6.27. The minimum absolute atomic E-state index is 0.228. The Labute approximate surface area is 90.0 Å². The first kappa shape index (κ1) is 10.5. The molecular formula is C9H9BrN2S. The summed E-state index contributed by atoms with van der Waals surface area (Å²) in [6.07, 6.45) is 1.74. The minimum Gasteiger partial charge on any atom is -0.294 e. The average Bonchev–Trinajstić information content (AvgIpc) is 2.54. The van der Waals surface area contributed by atoms with Gasteiger partial charge in [0, 0.05) is 21.3 Å². The Morgan fingerprint density at radius 1 is 1.85 bits per heavy atom. The number of hydrogen-bond acceptors (Lipinski definition) is 3. The van der Waals surface area contributed by atoms with E-state index in [1.54, 1.807) is 17.4 Å². The van der Waals surface area contributed by atoms with Crippen LogP contribution in [0.1, 0.15) is 10.9 Å². The zero-order chi connectivity index (χ0) is 9.68. The van der Waals surface area contributed by atoms with Gasteiger partial charge in [0.05, 0.1) is 6.07 Å². The average molecular weight is 257 g/mol. The Morgan fingerprint density at radius 3 is 3.08 bits per heavy atom. The maximum absolute atomic E-state index is 8.86. The lowest BCUT2D eigenvalue weighted by Gasteiger charge is -2.06. The summed E-state index contributed by atoms with van der Waals surface area (Å²) in [6.45, 7) is 4.23. The monoisotopic (exact) mass is 256 g/mol. The van der Waals surface area contributed by atoms with Gasteiger partial charge < -0.3 is 0 Å². The van der Waals surface area contributed by atoms with Crippen LogP contribution in [0.25, 0.3) is 0 Å². The zero-order valence-corrected chi connectivity index (χ0v) is 9.36. The van der Waals surface area contributed by atoms with Crippen LogP contribution in [0, 0.1) is 11.3 Å². The fourth-order valence-electron chi connectivity index (χ4n) is 0.891. The molecule has 0 aliphatic rings. The number of nitrogens with zero attached hydrogens (tertiary/aromatic N) is 1. The van der Waals surface area contributed by atoms with Crippen molar-refractivity contribution in [2.75, 3.05) is 6.54 Å². The number of halogens is 1. The molecule has 1 unspecified atom stereocenters. The molecule has 0 aliphatic heterocycles. The maximum atomic E-state index is 8.86. The molecule has 0 amide bonds. The van der Waals surface area contributed by atoms with Crippen LogP contribution in [0.5, 0.6) is 0 Å². The summed E-state index contributed by atoms with van der Waals surface area (Å²) in [5.41, 5.74) is 0. The molecule has 0 spiro atoms. The quantitative estimate of drug-likeness (QED) is 0.842. The van der Waals surface area contributed by atoms with E-state index in [-0.39, 0.29) is 6.04 Å². The molecule has 1 heterocycles. The fraction of sp³-hybridized carbons (Fsp3) is 0.222. The summed E-state index contributed by atoms with van der Waals surface area (Å²) < 4.78 is 1.02. The molecular weight excluding hydrogens is 248 g/mol. The molecule has 0 radical (unpaired) electrons. The van der Waals surface area contributed by atoms with Crippen LogP contribution < -0.4 is 5.32 Å². The Morgan fingerprint density at radius 2 is 2.62 bits per heavy atom. The third kappa shape index (κ3) is 2.96. The van der Waals surface area contributed by atoms with Crippen molar-refractivity contribution < 1.29 is 0 Å². The summed E-state index contributed by atoms with van der Waals surface area (Å²) in [5, 5.41) is 13.9. The van der Waals surface area contributed by atoms with Crippen molar-refractivity contribution in [1.82, 2.24) is 5.32 Å². The van der Waals surface area contributed by atoms with Crippen molar-refractivity contribution in [2.24, 2.45) is 0 Å². The van der Waals surface area contributed by atoms with Crippen LogP contribution in [0.3, 0.4) is 0 Å². The van der Waals surface area contributed by atoms with E-state index in [2.05, 4.69) is 33.9 Å². The van der Waals surface area contributed by atoms with Gasteiger partial charge in [-0.2, -0.15) is 5.26 Å². The fourth-order valence-corrected chi connectivity index (χ4v) is 2.35. The lowest BCUT2D eigenvalue weighted by Crippen LogP contribution is -2.18. The smallest absolute Gasteiger partial charge is 0.130 e. The Bertz CT molecular complexity index is 327. The summed E-state index contributed by atoms with van der Waals surface area (Å²) >= 11 is 4.92. The lowest BCUT2D eigenvalue weighted by molar-refractivity contribution is 0.694. The van der Waals surface area contributed by atoms with Crippen molar-refractivity contribution >= 4 is 27.3 Å². The van der Waals surface area contributed by atoms with E-state index in [1.165, 1.54) is 0 Å². The van der Waals surface area contributed by atoms with Gasteiger partial charge in [0.2, 0.25) is 0 Å². The number of thiophene rings is 1. The third-order valence-electron chi connectivity index (χ3n) is 1.47. The van der Waals surface area contributed by atoms with Crippen molar-refractivity contribution in [3.8, 4) is 6.07 Å². The molecule has 1 N–H and O–H groups in total. The van der Waals surface area contributed by atoms with E-state index >= 15 is 0 Å². The highest BCUT2D eigenvalue weighted by Crippen LogP contribution is 2.24. The molecule has 0 aromatic carbocycles. The second kappa shape index (κ2) is 5.18. The number of nitriles is 1. The molecule has 0 saturated heterocycles. The van der Waals surface area contributed by atoms with Gasteiger partial charge in [0.25, 0.3) is 0 Å². The van der Waals surface area contributed by atoms with Crippen molar-refractivity contribution in [2.45, 2.75) is 6.04 Å². The normalized spacial score (nSPS) is 12.0. The molecule has 1 atom stereocenters. The van der Waals surface area contributed by atoms with E-state index in [4.69, 9.17) is 5.26 Å². The molecule has 1 aromatic heterocycles. The van der Waals surface area contributed by atoms with Crippen LogP contribution in [0.4, 0.5) is 0 Å². The second-order valence-corrected chi connectivity index (χ2v) is 4.28. The number of nitrogens with one attached hydrogen (secondary N) is 1. The van der Waals surface area contributed by atoms with Gasteiger partial charge in [-0.05, 0) is 22.0 Å². The summed E-state index contributed by atoms with van der Waals surface area (Å²) in [5.74, 6) is 0. The molecule has 0 saturated carbocycles. The van der Waals surface area contributed by atoms with Crippen LogP contribution in [0.15, 0.2) is 28.6 Å². The molecule has 2 nitrogen and oxygen atoms in total. The summed E-state index contributed by atoms with van der Waals surface area (Å²) in [6, 6.07) is 3.92. The topological polar surface area (TPSA) is 35.8 Å². The molecule has 0 fully saturated rings. The van der Waals surface area contributed by atoms with E-state index in [9.17, 15) is 0 Å². The van der Waals surface area contributed by atoms with Crippen LogP contribution in [0.2, 0.25) is 0 Å². The zero-order valence-electron chi connectivity index (χ0n) is 6.96. The van der Waals surface area contributed by atoms with E-state index in [1.807, 2.05) is 11.4 Å². The molecule has 1 aromatic rings.